The summed E-state index contributed by atoms with van der Waals surface area (Å²) in [5, 5.41) is 11.6. The Labute approximate surface area is 138 Å². The molecule has 7 heteroatoms. The molecule has 2 aromatic rings. The topological polar surface area (TPSA) is 81.6 Å². The molecule has 1 saturated heterocycles. The lowest BCUT2D eigenvalue weighted by molar-refractivity contribution is 0.0992. The van der Waals surface area contributed by atoms with E-state index in [1.807, 2.05) is 12.1 Å². The van der Waals surface area contributed by atoms with Gasteiger partial charge in [0.1, 0.15) is 5.65 Å². The summed E-state index contributed by atoms with van der Waals surface area (Å²) in [5.74, 6) is 0.649. The molecule has 2 unspecified atom stereocenters. The van der Waals surface area contributed by atoms with Gasteiger partial charge in [-0.1, -0.05) is 11.8 Å². The molecule has 2 aromatic heterocycles. The largest absolute Gasteiger partial charge is 0.391 e. The van der Waals surface area contributed by atoms with Crippen LogP contribution in [0.5, 0.6) is 0 Å². The lowest BCUT2D eigenvalue weighted by Crippen LogP contribution is -2.41. The van der Waals surface area contributed by atoms with Gasteiger partial charge in [-0.3, -0.25) is 4.79 Å². The van der Waals surface area contributed by atoms with E-state index in [9.17, 15) is 9.90 Å². The summed E-state index contributed by atoms with van der Waals surface area (Å²) >= 11 is 1.59. The van der Waals surface area contributed by atoms with Crippen LogP contribution in [-0.4, -0.2) is 55.5 Å². The summed E-state index contributed by atoms with van der Waals surface area (Å²) in [6.07, 6.45) is 5.87. The average molecular weight is 330 g/mol. The van der Waals surface area contributed by atoms with Crippen LogP contribution in [0.2, 0.25) is 0 Å². The van der Waals surface area contributed by atoms with Crippen molar-refractivity contribution in [3.8, 4) is 0 Å². The highest BCUT2D eigenvalue weighted by Gasteiger charge is 2.35. The van der Waals surface area contributed by atoms with Gasteiger partial charge in [-0.15, -0.1) is 0 Å². The fraction of sp³-hybridized carbons (Fsp3) is 0.438. The molecule has 2 N–H and O–H groups in total. The number of thioether (sulfide) groups is 1. The minimum absolute atomic E-state index is 0.0983. The highest BCUT2D eigenvalue weighted by molar-refractivity contribution is 8.14. The van der Waals surface area contributed by atoms with Crippen LogP contribution < -0.4 is 0 Å². The number of nitrogens with zero attached hydrogens (tertiary/aromatic N) is 3. The fourth-order valence-corrected chi connectivity index (χ4v) is 4.39. The number of aromatic amines is 1. The Bertz CT molecular complexity index is 772. The first-order chi connectivity index (χ1) is 11.2. The van der Waals surface area contributed by atoms with E-state index in [0.717, 1.165) is 42.1 Å². The van der Waals surface area contributed by atoms with Crippen LogP contribution in [0.4, 0.5) is 0 Å². The molecule has 0 spiro atoms. The SMILES string of the molecule is O=C(/N=C1\SCCN1C1CCCC1O)c1c[nH]c2ncccc12. The van der Waals surface area contributed by atoms with Gasteiger partial charge >= 0.3 is 0 Å². The van der Waals surface area contributed by atoms with E-state index in [4.69, 9.17) is 0 Å². The number of aliphatic imine (C=N–C) groups is 1. The van der Waals surface area contributed by atoms with Crippen molar-refractivity contribution in [1.82, 2.24) is 14.9 Å². The van der Waals surface area contributed by atoms with E-state index in [-0.39, 0.29) is 18.1 Å². The first-order valence-corrected chi connectivity index (χ1v) is 8.85. The Hall–Kier alpha value is -1.86. The Morgan fingerprint density at radius 2 is 2.39 bits per heavy atom. The van der Waals surface area contributed by atoms with Gasteiger partial charge in [0.2, 0.25) is 0 Å². The standard InChI is InChI=1S/C16H18N4O2S/c21-13-5-1-4-12(13)20-7-8-23-16(20)19-15(22)11-9-18-14-10(11)3-2-6-17-14/h2-3,6,9,12-13,21H,1,4-5,7-8H2,(H,17,18)/b19-16-. The van der Waals surface area contributed by atoms with Crippen molar-refractivity contribution < 1.29 is 9.90 Å². The van der Waals surface area contributed by atoms with Crippen LogP contribution in [0.3, 0.4) is 0 Å². The van der Waals surface area contributed by atoms with Crippen molar-refractivity contribution in [2.45, 2.75) is 31.4 Å². The molecule has 1 aliphatic carbocycles. The number of carbonyl (C=O) groups excluding carboxylic acids is 1. The van der Waals surface area contributed by atoms with Gasteiger partial charge in [-0.25, -0.2) is 4.98 Å². The maximum Gasteiger partial charge on any atom is 0.281 e. The molecule has 0 radical (unpaired) electrons. The van der Waals surface area contributed by atoms with Crippen molar-refractivity contribution in [3.05, 3.63) is 30.1 Å². The molecule has 2 fully saturated rings. The maximum absolute atomic E-state index is 12.6. The zero-order valence-corrected chi connectivity index (χ0v) is 13.4. The Morgan fingerprint density at radius 1 is 1.48 bits per heavy atom. The molecule has 6 nitrogen and oxygen atoms in total. The molecule has 1 saturated carbocycles. The second-order valence-electron chi connectivity index (χ2n) is 5.91. The number of aliphatic hydroxyl groups is 1. The molecule has 1 amide bonds. The van der Waals surface area contributed by atoms with Crippen molar-refractivity contribution >= 4 is 33.9 Å². The van der Waals surface area contributed by atoms with E-state index < -0.39 is 0 Å². The van der Waals surface area contributed by atoms with E-state index in [1.165, 1.54) is 0 Å². The Morgan fingerprint density at radius 3 is 3.22 bits per heavy atom. The average Bonchev–Trinajstić information content (AvgIpc) is 3.26. The highest BCUT2D eigenvalue weighted by Crippen LogP contribution is 2.30. The molecule has 4 rings (SSSR count). The number of aromatic nitrogens is 2. The van der Waals surface area contributed by atoms with Gasteiger partial charge in [0, 0.05) is 30.1 Å². The first kappa shape index (κ1) is 14.7. The van der Waals surface area contributed by atoms with Crippen LogP contribution in [0.15, 0.2) is 29.5 Å². The second kappa shape index (κ2) is 5.98. The number of pyridine rings is 1. The molecular weight excluding hydrogens is 312 g/mol. The van der Waals surface area contributed by atoms with Crippen LogP contribution in [0.25, 0.3) is 11.0 Å². The number of carbonyl (C=O) groups is 1. The number of rotatable bonds is 2. The number of nitrogens with one attached hydrogen (secondary N) is 1. The minimum Gasteiger partial charge on any atom is -0.391 e. The zero-order chi connectivity index (χ0) is 15.8. The van der Waals surface area contributed by atoms with Crippen molar-refractivity contribution in [1.29, 1.82) is 0 Å². The number of amides is 1. The minimum atomic E-state index is -0.314. The third kappa shape index (κ3) is 2.64. The zero-order valence-electron chi connectivity index (χ0n) is 12.6. The molecule has 2 aliphatic rings. The molecule has 23 heavy (non-hydrogen) atoms. The fourth-order valence-electron chi connectivity index (χ4n) is 3.38. The molecule has 2 atom stereocenters. The van der Waals surface area contributed by atoms with Gasteiger partial charge in [0.25, 0.3) is 5.91 Å². The van der Waals surface area contributed by atoms with Crippen LogP contribution in [-0.2, 0) is 0 Å². The number of amidine groups is 1. The van der Waals surface area contributed by atoms with Crippen LogP contribution >= 0.6 is 11.8 Å². The van der Waals surface area contributed by atoms with E-state index in [2.05, 4.69) is 19.9 Å². The van der Waals surface area contributed by atoms with E-state index >= 15 is 0 Å². The summed E-state index contributed by atoms with van der Waals surface area (Å²) in [6, 6.07) is 3.78. The smallest absolute Gasteiger partial charge is 0.281 e. The van der Waals surface area contributed by atoms with Crippen molar-refractivity contribution in [2.75, 3.05) is 12.3 Å². The maximum atomic E-state index is 12.6. The van der Waals surface area contributed by atoms with Crippen LogP contribution in [0.1, 0.15) is 29.6 Å². The quantitative estimate of drug-likeness (QED) is 0.880. The van der Waals surface area contributed by atoms with E-state index in [0.29, 0.717) is 11.2 Å². The molecule has 3 heterocycles. The van der Waals surface area contributed by atoms with Gasteiger partial charge in [0.05, 0.1) is 17.7 Å². The lowest BCUT2D eigenvalue weighted by atomic mass is 10.2. The third-order valence-electron chi connectivity index (χ3n) is 4.53. The van der Waals surface area contributed by atoms with Crippen LogP contribution in [0, 0.1) is 0 Å². The number of H-pyrrole nitrogens is 1. The van der Waals surface area contributed by atoms with Gasteiger partial charge < -0.3 is 15.0 Å². The summed E-state index contributed by atoms with van der Waals surface area (Å²) < 4.78 is 0. The van der Waals surface area contributed by atoms with Gasteiger partial charge in [-0.2, -0.15) is 4.99 Å². The molecular formula is C16H18N4O2S. The normalized spacial score (nSPS) is 26.5. The van der Waals surface area contributed by atoms with Crippen molar-refractivity contribution in [2.24, 2.45) is 4.99 Å². The summed E-state index contributed by atoms with van der Waals surface area (Å²) in [4.78, 5) is 26.2. The molecule has 120 valence electrons. The van der Waals surface area contributed by atoms with Gasteiger partial charge in [0.15, 0.2) is 5.17 Å². The Balaban J connectivity index is 1.62. The summed E-state index contributed by atoms with van der Waals surface area (Å²) in [5.41, 5.74) is 1.23. The van der Waals surface area contributed by atoms with E-state index in [1.54, 1.807) is 24.2 Å². The number of fused-ring (bicyclic) bond motifs is 1. The number of hydrogen-bond donors (Lipinski definition) is 2. The number of hydrogen-bond acceptors (Lipinski definition) is 4. The monoisotopic (exact) mass is 330 g/mol. The molecule has 0 aromatic carbocycles. The predicted molar refractivity (Wildman–Crippen MR) is 90.7 cm³/mol. The predicted octanol–water partition coefficient (Wildman–Crippen LogP) is 2.02. The number of aliphatic hydroxyl groups excluding tert-OH is 1. The second-order valence-corrected chi connectivity index (χ2v) is 6.97. The summed E-state index contributed by atoms with van der Waals surface area (Å²) in [6.45, 7) is 0.841. The lowest BCUT2D eigenvalue weighted by Gasteiger charge is -2.27. The Kier molecular flexibility index (Phi) is 3.82. The van der Waals surface area contributed by atoms with Crippen molar-refractivity contribution in [3.63, 3.8) is 0 Å². The molecule has 0 bridgehead atoms. The summed E-state index contributed by atoms with van der Waals surface area (Å²) in [7, 11) is 0. The van der Waals surface area contributed by atoms with Gasteiger partial charge in [-0.05, 0) is 31.4 Å². The highest BCUT2D eigenvalue weighted by atomic mass is 32.2. The first-order valence-electron chi connectivity index (χ1n) is 7.86. The third-order valence-corrected chi connectivity index (χ3v) is 5.50. The molecule has 1 aliphatic heterocycles.